The number of likely N-dealkylation sites (tertiary alicyclic amines) is 1. The normalized spacial score (nSPS) is 18.8. The number of piperidine rings is 1. The molecule has 4 heteroatoms. The molecule has 3 rings (SSSR count). The van der Waals surface area contributed by atoms with Gasteiger partial charge in [0.05, 0.1) is 0 Å². The zero-order chi connectivity index (χ0) is 23.1. The van der Waals surface area contributed by atoms with Crippen LogP contribution in [-0.4, -0.2) is 54.5 Å². The summed E-state index contributed by atoms with van der Waals surface area (Å²) < 4.78 is 0. The minimum atomic E-state index is 0.105. The highest BCUT2D eigenvalue weighted by molar-refractivity contribution is 5.94. The first-order chi connectivity index (χ1) is 15.4. The van der Waals surface area contributed by atoms with Gasteiger partial charge in [-0.25, -0.2) is 0 Å². The molecule has 0 aromatic heterocycles. The van der Waals surface area contributed by atoms with Gasteiger partial charge in [-0.3, -0.25) is 9.69 Å². The maximum atomic E-state index is 12.8. The summed E-state index contributed by atoms with van der Waals surface area (Å²) >= 11 is 0. The van der Waals surface area contributed by atoms with Crippen molar-refractivity contribution in [3.63, 3.8) is 0 Å². The van der Waals surface area contributed by atoms with E-state index in [9.17, 15) is 4.79 Å². The third-order valence-electron chi connectivity index (χ3n) is 6.51. The van der Waals surface area contributed by atoms with Crippen molar-refractivity contribution >= 4 is 17.3 Å². The summed E-state index contributed by atoms with van der Waals surface area (Å²) in [4.78, 5) is 19.7. The van der Waals surface area contributed by atoms with Crippen molar-refractivity contribution < 1.29 is 4.79 Å². The molecule has 2 aromatic rings. The Morgan fingerprint density at radius 2 is 1.62 bits per heavy atom. The Hall–Kier alpha value is -2.59. The van der Waals surface area contributed by atoms with Crippen molar-refractivity contribution in [3.05, 3.63) is 71.8 Å². The first kappa shape index (κ1) is 24.1. The van der Waals surface area contributed by atoms with Crippen molar-refractivity contribution in [3.8, 4) is 0 Å². The van der Waals surface area contributed by atoms with Crippen LogP contribution in [0.5, 0.6) is 0 Å². The van der Waals surface area contributed by atoms with Crippen LogP contribution in [0.15, 0.2) is 66.2 Å². The van der Waals surface area contributed by atoms with E-state index in [2.05, 4.69) is 79.1 Å². The molecule has 1 aliphatic heterocycles. The molecule has 0 unspecified atom stereocenters. The third-order valence-corrected chi connectivity index (χ3v) is 6.51. The first-order valence-corrected chi connectivity index (χ1v) is 12.0. The van der Waals surface area contributed by atoms with E-state index in [1.807, 2.05) is 30.9 Å². The molecule has 0 radical (unpaired) electrons. The average Bonchev–Trinajstić information content (AvgIpc) is 2.81. The van der Waals surface area contributed by atoms with Gasteiger partial charge in [0, 0.05) is 55.7 Å². The molecule has 1 heterocycles. The Kier molecular flexibility index (Phi) is 8.52. The maximum absolute atomic E-state index is 12.8. The van der Waals surface area contributed by atoms with Crippen molar-refractivity contribution in [1.29, 1.82) is 0 Å². The molecule has 2 aromatic carbocycles. The lowest BCUT2D eigenvalue weighted by atomic mass is 9.91. The number of rotatable bonds is 8. The van der Waals surface area contributed by atoms with E-state index in [0.29, 0.717) is 12.0 Å². The van der Waals surface area contributed by atoms with E-state index in [4.69, 9.17) is 0 Å². The molecule has 1 amide bonds. The Morgan fingerprint density at radius 1 is 1.00 bits per heavy atom. The van der Waals surface area contributed by atoms with Gasteiger partial charge >= 0.3 is 0 Å². The third kappa shape index (κ3) is 5.80. The number of amides is 1. The van der Waals surface area contributed by atoms with Crippen molar-refractivity contribution in [1.82, 2.24) is 9.80 Å². The molecular weight excluding hydrogens is 394 g/mol. The van der Waals surface area contributed by atoms with Crippen LogP contribution in [0, 0.1) is 5.92 Å². The van der Waals surface area contributed by atoms with Crippen LogP contribution < -0.4 is 4.90 Å². The molecule has 0 bridgehead atoms. The smallest absolute Gasteiger partial charge is 0.253 e. The highest BCUT2D eigenvalue weighted by Gasteiger charge is 2.31. The van der Waals surface area contributed by atoms with Crippen LogP contribution in [-0.2, 0) is 0 Å². The summed E-state index contributed by atoms with van der Waals surface area (Å²) in [7, 11) is 0. The lowest BCUT2D eigenvalue weighted by Gasteiger charge is -2.43. The van der Waals surface area contributed by atoms with Gasteiger partial charge in [-0.15, -0.1) is 0 Å². The fraction of sp³-hybridized carbons (Fsp3) is 0.464. The molecule has 1 saturated heterocycles. The zero-order valence-electron chi connectivity index (χ0n) is 20.4. The highest BCUT2D eigenvalue weighted by atomic mass is 16.2. The molecule has 4 nitrogen and oxygen atoms in total. The van der Waals surface area contributed by atoms with Gasteiger partial charge in [-0.05, 0) is 76.4 Å². The number of para-hydroxylation sites is 1. The van der Waals surface area contributed by atoms with Crippen LogP contribution in [0.2, 0.25) is 0 Å². The Morgan fingerprint density at radius 3 is 2.19 bits per heavy atom. The van der Waals surface area contributed by atoms with Gasteiger partial charge in [0.2, 0.25) is 0 Å². The second kappa shape index (κ2) is 11.3. The Balaban J connectivity index is 1.85. The van der Waals surface area contributed by atoms with E-state index >= 15 is 0 Å². The number of carbonyl (C=O) groups is 1. The monoisotopic (exact) mass is 433 g/mol. The summed E-state index contributed by atoms with van der Waals surface area (Å²) in [6.45, 7) is 15.4. The fourth-order valence-electron chi connectivity index (χ4n) is 4.66. The Bertz CT molecular complexity index is 883. The molecular formula is C28H39N3O. The van der Waals surface area contributed by atoms with Crippen molar-refractivity contribution in [2.75, 3.05) is 37.6 Å². The fourth-order valence-corrected chi connectivity index (χ4v) is 4.66. The topological polar surface area (TPSA) is 26.8 Å². The van der Waals surface area contributed by atoms with Gasteiger partial charge in [-0.1, -0.05) is 36.8 Å². The molecule has 0 N–H and O–H groups in total. The van der Waals surface area contributed by atoms with E-state index in [0.717, 1.165) is 50.4 Å². The van der Waals surface area contributed by atoms with E-state index < -0.39 is 0 Å². The number of nitrogens with zero attached hydrogens (tertiary/aromatic N) is 3. The van der Waals surface area contributed by atoms with E-state index in [1.165, 1.54) is 11.3 Å². The van der Waals surface area contributed by atoms with Crippen LogP contribution in [0.1, 0.15) is 51.4 Å². The van der Waals surface area contributed by atoms with Crippen molar-refractivity contribution in [2.45, 2.75) is 47.1 Å². The molecule has 32 heavy (non-hydrogen) atoms. The predicted octanol–water partition coefficient (Wildman–Crippen LogP) is 5.98. The summed E-state index contributed by atoms with van der Waals surface area (Å²) in [5.74, 6) is 0.639. The second-order valence-electron chi connectivity index (χ2n) is 9.10. The van der Waals surface area contributed by atoms with Gasteiger partial charge in [0.1, 0.15) is 0 Å². The zero-order valence-corrected chi connectivity index (χ0v) is 20.4. The lowest BCUT2D eigenvalue weighted by molar-refractivity contribution is 0.0773. The summed E-state index contributed by atoms with van der Waals surface area (Å²) in [5.41, 5.74) is 4.51. The molecule has 1 aliphatic rings. The summed E-state index contributed by atoms with van der Waals surface area (Å²) in [6, 6.07) is 19.3. The lowest BCUT2D eigenvalue weighted by Crippen LogP contribution is -2.48. The SMILES string of the molecule is CCN(CC)C(=O)c1ccc(N(c2ccccc2)[C@H]2CCN(CC=C(C)C)C[C@H]2C)cc1. The molecule has 0 saturated carbocycles. The van der Waals surface area contributed by atoms with E-state index in [-0.39, 0.29) is 5.91 Å². The summed E-state index contributed by atoms with van der Waals surface area (Å²) in [5, 5.41) is 0. The first-order valence-electron chi connectivity index (χ1n) is 12.0. The highest BCUT2D eigenvalue weighted by Crippen LogP contribution is 2.34. The number of allylic oxidation sites excluding steroid dienone is 1. The second-order valence-corrected chi connectivity index (χ2v) is 9.10. The standard InChI is InChI=1S/C28H39N3O/c1-6-30(7-2)28(32)24-13-15-26(16-14-24)31(25-11-9-8-10-12-25)27-18-20-29(21-23(27)5)19-17-22(3)4/h8-17,23,27H,6-7,18-21H2,1-5H3/t23-,27+/m1/s1. The number of hydrogen-bond donors (Lipinski definition) is 0. The number of benzene rings is 2. The molecule has 1 fully saturated rings. The van der Waals surface area contributed by atoms with Crippen LogP contribution in [0.25, 0.3) is 0 Å². The average molecular weight is 434 g/mol. The largest absolute Gasteiger partial charge is 0.339 e. The van der Waals surface area contributed by atoms with Crippen LogP contribution in [0.4, 0.5) is 11.4 Å². The van der Waals surface area contributed by atoms with Crippen LogP contribution >= 0.6 is 0 Å². The number of anilines is 2. The van der Waals surface area contributed by atoms with E-state index in [1.54, 1.807) is 0 Å². The molecule has 2 atom stereocenters. The maximum Gasteiger partial charge on any atom is 0.253 e. The van der Waals surface area contributed by atoms with Gasteiger partial charge < -0.3 is 9.80 Å². The van der Waals surface area contributed by atoms with Gasteiger partial charge in [0.25, 0.3) is 5.91 Å². The molecule has 0 spiro atoms. The van der Waals surface area contributed by atoms with Crippen molar-refractivity contribution in [2.24, 2.45) is 5.92 Å². The quantitative estimate of drug-likeness (QED) is 0.479. The number of carbonyl (C=O) groups excluding carboxylic acids is 1. The predicted molar refractivity (Wildman–Crippen MR) is 136 cm³/mol. The molecule has 172 valence electrons. The number of hydrogen-bond acceptors (Lipinski definition) is 3. The minimum absolute atomic E-state index is 0.105. The minimum Gasteiger partial charge on any atom is -0.339 e. The summed E-state index contributed by atoms with van der Waals surface area (Å²) in [6.07, 6.45) is 3.44. The van der Waals surface area contributed by atoms with Gasteiger partial charge in [0.15, 0.2) is 0 Å². The molecule has 0 aliphatic carbocycles. The Labute approximate surface area is 194 Å². The van der Waals surface area contributed by atoms with Crippen LogP contribution in [0.3, 0.4) is 0 Å². The van der Waals surface area contributed by atoms with Gasteiger partial charge in [-0.2, -0.15) is 0 Å².